The lowest BCUT2D eigenvalue weighted by Gasteiger charge is -2.32. The Morgan fingerprint density at radius 3 is 2.71 bits per heavy atom. The summed E-state index contributed by atoms with van der Waals surface area (Å²) < 4.78 is 4.67. The molecule has 1 aliphatic heterocycles. The molecule has 0 aliphatic carbocycles. The van der Waals surface area contributed by atoms with Crippen molar-refractivity contribution in [3.63, 3.8) is 0 Å². The molecule has 1 unspecified atom stereocenters. The first-order valence-electron chi connectivity index (χ1n) is 6.35. The molecule has 0 saturated carbocycles. The van der Waals surface area contributed by atoms with Crippen LogP contribution in [0.25, 0.3) is 0 Å². The normalized spacial score (nSPS) is 20.2. The fraction of sp³-hybridized carbons (Fsp3) is 0.917. The summed E-state index contributed by atoms with van der Waals surface area (Å²) in [6.07, 6.45) is 3.56. The Kier molecular flexibility index (Phi) is 7.08. The van der Waals surface area contributed by atoms with Crippen LogP contribution < -0.4 is 5.32 Å². The van der Waals surface area contributed by atoms with Gasteiger partial charge < -0.3 is 15.0 Å². The topological polar surface area (TPSA) is 41.6 Å². The third kappa shape index (κ3) is 5.36. The number of hydrogen-bond acceptors (Lipinski definition) is 4. The van der Waals surface area contributed by atoms with Gasteiger partial charge in [0.25, 0.3) is 0 Å². The van der Waals surface area contributed by atoms with Crippen LogP contribution in [0, 0.1) is 0 Å². The molecule has 1 N–H and O–H groups in total. The molecule has 4 nitrogen and oxygen atoms in total. The van der Waals surface area contributed by atoms with Crippen molar-refractivity contribution in [1.82, 2.24) is 10.2 Å². The second-order valence-corrected chi connectivity index (χ2v) is 5.62. The van der Waals surface area contributed by atoms with Gasteiger partial charge in [0.1, 0.15) is 4.83 Å². The molecule has 0 aromatic rings. The van der Waals surface area contributed by atoms with Crippen LogP contribution in [0.4, 0.5) is 0 Å². The number of alkyl halides is 1. The van der Waals surface area contributed by atoms with E-state index in [1.54, 1.807) is 0 Å². The maximum atomic E-state index is 11.2. The van der Waals surface area contributed by atoms with Crippen LogP contribution >= 0.6 is 15.9 Å². The summed E-state index contributed by atoms with van der Waals surface area (Å²) in [6, 6.07) is 0.535. The zero-order valence-electron chi connectivity index (χ0n) is 10.7. The molecule has 0 amide bonds. The fourth-order valence-electron chi connectivity index (χ4n) is 2.16. The van der Waals surface area contributed by atoms with E-state index < -0.39 is 0 Å². The first-order valence-corrected chi connectivity index (χ1v) is 7.26. The number of halogens is 1. The summed E-state index contributed by atoms with van der Waals surface area (Å²) in [5.74, 6) is -0.207. The minimum Gasteiger partial charge on any atom is -0.468 e. The molecule has 1 aliphatic rings. The van der Waals surface area contributed by atoms with Crippen molar-refractivity contribution in [2.45, 2.75) is 37.1 Å². The number of carbonyl (C=O) groups is 1. The molecule has 0 aromatic heterocycles. The molecule has 1 rings (SSSR count). The Morgan fingerprint density at radius 2 is 2.18 bits per heavy atom. The summed E-state index contributed by atoms with van der Waals surface area (Å²) in [7, 11) is 1.42. The van der Waals surface area contributed by atoms with Crippen LogP contribution in [-0.2, 0) is 9.53 Å². The number of esters is 1. The van der Waals surface area contributed by atoms with Gasteiger partial charge in [0.15, 0.2) is 0 Å². The van der Waals surface area contributed by atoms with E-state index in [1.165, 1.54) is 32.9 Å². The van der Waals surface area contributed by atoms with Gasteiger partial charge in [0, 0.05) is 12.6 Å². The van der Waals surface area contributed by atoms with E-state index in [4.69, 9.17) is 0 Å². The Bertz CT molecular complexity index is 231. The lowest BCUT2D eigenvalue weighted by Crippen LogP contribution is -2.45. The molecule has 0 spiro atoms. The van der Waals surface area contributed by atoms with E-state index >= 15 is 0 Å². The van der Waals surface area contributed by atoms with Crippen LogP contribution in [0.1, 0.15) is 26.2 Å². The summed E-state index contributed by atoms with van der Waals surface area (Å²) >= 11 is 3.32. The number of nitrogens with one attached hydrogen (secondary N) is 1. The van der Waals surface area contributed by atoms with E-state index in [2.05, 4.69) is 37.8 Å². The minimum atomic E-state index is -0.235. The number of rotatable bonds is 6. The quantitative estimate of drug-likeness (QED) is 0.595. The Labute approximate surface area is 112 Å². The van der Waals surface area contributed by atoms with E-state index in [9.17, 15) is 4.79 Å². The Morgan fingerprint density at radius 1 is 1.53 bits per heavy atom. The highest BCUT2D eigenvalue weighted by molar-refractivity contribution is 9.10. The summed E-state index contributed by atoms with van der Waals surface area (Å²) in [5, 5.41) is 3.42. The van der Waals surface area contributed by atoms with Gasteiger partial charge in [-0.05, 0) is 38.9 Å². The second kappa shape index (κ2) is 8.06. The first-order chi connectivity index (χ1) is 8.17. The second-order valence-electron chi connectivity index (χ2n) is 4.51. The van der Waals surface area contributed by atoms with Crippen molar-refractivity contribution in [3.05, 3.63) is 0 Å². The van der Waals surface area contributed by atoms with Gasteiger partial charge in [-0.25, -0.2) is 0 Å². The number of hydrogen-bond donors (Lipinski definition) is 1. The van der Waals surface area contributed by atoms with Gasteiger partial charge >= 0.3 is 5.97 Å². The van der Waals surface area contributed by atoms with Crippen LogP contribution in [0.3, 0.4) is 0 Å². The molecule has 5 heteroatoms. The number of piperidine rings is 1. The number of likely N-dealkylation sites (tertiary alicyclic amines) is 1. The number of methoxy groups -OCH3 is 1. The van der Waals surface area contributed by atoms with Gasteiger partial charge in [-0.1, -0.05) is 22.9 Å². The number of carbonyl (C=O) groups excluding carboxylic acids is 1. The number of nitrogens with zero attached hydrogens (tertiary/aromatic N) is 1. The van der Waals surface area contributed by atoms with Crippen LogP contribution in [-0.4, -0.2) is 55.0 Å². The van der Waals surface area contributed by atoms with Crippen molar-refractivity contribution in [2.24, 2.45) is 0 Å². The summed E-state index contributed by atoms with van der Waals surface area (Å²) in [6.45, 7) is 6.39. The van der Waals surface area contributed by atoms with Gasteiger partial charge in [-0.3, -0.25) is 4.79 Å². The average Bonchev–Trinajstić information content (AvgIpc) is 2.37. The monoisotopic (exact) mass is 306 g/mol. The highest BCUT2D eigenvalue weighted by Gasteiger charge is 2.21. The lowest BCUT2D eigenvalue weighted by atomic mass is 10.0. The summed E-state index contributed by atoms with van der Waals surface area (Å²) in [5.41, 5.74) is 0. The molecule has 0 bridgehead atoms. The predicted octanol–water partition coefficient (Wildman–Crippen LogP) is 1.39. The van der Waals surface area contributed by atoms with Gasteiger partial charge in [-0.2, -0.15) is 0 Å². The number of ether oxygens (including phenoxy) is 1. The van der Waals surface area contributed by atoms with Crippen molar-refractivity contribution in [2.75, 3.05) is 33.3 Å². The molecule has 1 heterocycles. The van der Waals surface area contributed by atoms with Crippen molar-refractivity contribution in [1.29, 1.82) is 0 Å². The molecule has 1 fully saturated rings. The molecular formula is C12H23BrN2O2. The molecule has 0 radical (unpaired) electrons. The SMILES string of the molecule is CCCN1CCC(NCC(Br)C(=O)OC)CC1. The molecular weight excluding hydrogens is 284 g/mol. The highest BCUT2D eigenvalue weighted by Crippen LogP contribution is 2.11. The highest BCUT2D eigenvalue weighted by atomic mass is 79.9. The zero-order chi connectivity index (χ0) is 12.7. The molecule has 100 valence electrons. The van der Waals surface area contributed by atoms with E-state index in [0.717, 1.165) is 13.1 Å². The third-order valence-electron chi connectivity index (χ3n) is 3.17. The van der Waals surface area contributed by atoms with Crippen LogP contribution in [0.5, 0.6) is 0 Å². The minimum absolute atomic E-state index is 0.207. The van der Waals surface area contributed by atoms with Crippen molar-refractivity contribution < 1.29 is 9.53 Å². The standard InChI is InChI=1S/C12H23BrN2O2/c1-3-6-15-7-4-10(5-8-15)14-9-11(13)12(16)17-2/h10-11,14H,3-9H2,1-2H3. The fourth-order valence-corrected chi connectivity index (χ4v) is 2.53. The lowest BCUT2D eigenvalue weighted by molar-refractivity contribution is -0.139. The van der Waals surface area contributed by atoms with Gasteiger partial charge in [0.2, 0.25) is 0 Å². The maximum absolute atomic E-state index is 11.2. The Balaban J connectivity index is 2.16. The molecule has 1 saturated heterocycles. The van der Waals surface area contributed by atoms with E-state index in [1.807, 2.05) is 0 Å². The molecule has 17 heavy (non-hydrogen) atoms. The zero-order valence-corrected chi connectivity index (χ0v) is 12.3. The van der Waals surface area contributed by atoms with Crippen LogP contribution in [0.2, 0.25) is 0 Å². The predicted molar refractivity (Wildman–Crippen MR) is 72.5 cm³/mol. The Hall–Kier alpha value is -0.130. The van der Waals surface area contributed by atoms with E-state index in [0.29, 0.717) is 12.6 Å². The molecule has 0 aromatic carbocycles. The van der Waals surface area contributed by atoms with Crippen LogP contribution in [0.15, 0.2) is 0 Å². The van der Waals surface area contributed by atoms with E-state index in [-0.39, 0.29) is 10.8 Å². The van der Waals surface area contributed by atoms with Gasteiger partial charge in [0.05, 0.1) is 7.11 Å². The van der Waals surface area contributed by atoms with Crippen molar-refractivity contribution in [3.8, 4) is 0 Å². The summed E-state index contributed by atoms with van der Waals surface area (Å²) in [4.78, 5) is 13.5. The average molecular weight is 307 g/mol. The molecule has 1 atom stereocenters. The van der Waals surface area contributed by atoms with Crippen molar-refractivity contribution >= 4 is 21.9 Å². The first kappa shape index (κ1) is 14.9. The largest absolute Gasteiger partial charge is 0.468 e. The smallest absolute Gasteiger partial charge is 0.320 e. The van der Waals surface area contributed by atoms with Gasteiger partial charge in [-0.15, -0.1) is 0 Å². The third-order valence-corrected chi connectivity index (χ3v) is 3.87. The maximum Gasteiger partial charge on any atom is 0.320 e.